The number of carboxylic acids is 1. The molecule has 1 aromatic rings. The molecule has 0 radical (unpaired) electrons. The van der Waals surface area contributed by atoms with Crippen LogP contribution in [-0.2, 0) is 15.5 Å². The van der Waals surface area contributed by atoms with Crippen LogP contribution in [0.1, 0.15) is 12.0 Å². The predicted octanol–water partition coefficient (Wildman–Crippen LogP) is 2.09. The summed E-state index contributed by atoms with van der Waals surface area (Å²) in [4.78, 5) is 12.4. The Morgan fingerprint density at radius 3 is 2.58 bits per heavy atom. The SMILES string of the molecule is O=C(O)CC(F)(F)c1ccccc1N1CCOCC1. The smallest absolute Gasteiger partial charge is 0.309 e. The van der Waals surface area contributed by atoms with Crippen molar-refractivity contribution in [1.29, 1.82) is 0 Å². The molecule has 1 aliphatic heterocycles. The van der Waals surface area contributed by atoms with Gasteiger partial charge in [-0.3, -0.25) is 4.79 Å². The number of alkyl halides is 2. The molecule has 19 heavy (non-hydrogen) atoms. The highest BCUT2D eigenvalue weighted by molar-refractivity contribution is 5.69. The Morgan fingerprint density at radius 1 is 1.32 bits per heavy atom. The van der Waals surface area contributed by atoms with Gasteiger partial charge in [0.25, 0.3) is 5.92 Å². The van der Waals surface area contributed by atoms with Crippen molar-refractivity contribution in [2.24, 2.45) is 0 Å². The van der Waals surface area contributed by atoms with Crippen molar-refractivity contribution >= 4 is 11.7 Å². The molecule has 0 atom stereocenters. The summed E-state index contributed by atoms with van der Waals surface area (Å²) in [7, 11) is 0. The van der Waals surface area contributed by atoms with Gasteiger partial charge in [0.05, 0.1) is 13.2 Å². The minimum Gasteiger partial charge on any atom is -0.481 e. The average molecular weight is 271 g/mol. The van der Waals surface area contributed by atoms with Gasteiger partial charge in [-0.05, 0) is 6.07 Å². The standard InChI is InChI=1S/C13H15F2NO3/c14-13(15,9-12(17)18)10-3-1-2-4-11(10)16-5-7-19-8-6-16/h1-4H,5-9H2,(H,17,18). The monoisotopic (exact) mass is 271 g/mol. The van der Waals surface area contributed by atoms with E-state index in [1.807, 2.05) is 0 Å². The largest absolute Gasteiger partial charge is 0.481 e. The van der Waals surface area contributed by atoms with E-state index < -0.39 is 18.3 Å². The number of carbonyl (C=O) groups is 1. The molecule has 1 heterocycles. The minimum absolute atomic E-state index is 0.237. The van der Waals surface area contributed by atoms with E-state index in [4.69, 9.17) is 9.84 Å². The molecule has 0 amide bonds. The maximum absolute atomic E-state index is 14.0. The molecule has 0 spiro atoms. The molecule has 4 nitrogen and oxygen atoms in total. The Morgan fingerprint density at radius 2 is 1.95 bits per heavy atom. The fourth-order valence-electron chi connectivity index (χ4n) is 2.15. The van der Waals surface area contributed by atoms with Crippen LogP contribution in [0.5, 0.6) is 0 Å². The number of hydrogen-bond acceptors (Lipinski definition) is 3. The maximum Gasteiger partial charge on any atom is 0.309 e. The van der Waals surface area contributed by atoms with Crippen LogP contribution in [0.15, 0.2) is 24.3 Å². The van der Waals surface area contributed by atoms with Crippen LogP contribution in [0.25, 0.3) is 0 Å². The van der Waals surface area contributed by atoms with Crippen molar-refractivity contribution in [2.45, 2.75) is 12.3 Å². The van der Waals surface area contributed by atoms with Gasteiger partial charge in [0.15, 0.2) is 0 Å². The Hall–Kier alpha value is -1.69. The van der Waals surface area contributed by atoms with E-state index in [1.54, 1.807) is 17.0 Å². The number of aliphatic carboxylic acids is 1. The highest BCUT2D eigenvalue weighted by atomic mass is 19.3. The van der Waals surface area contributed by atoms with E-state index in [-0.39, 0.29) is 5.56 Å². The third kappa shape index (κ3) is 3.20. The number of hydrogen-bond donors (Lipinski definition) is 1. The summed E-state index contributed by atoms with van der Waals surface area (Å²) in [5, 5.41) is 8.60. The minimum atomic E-state index is -3.37. The molecule has 0 saturated carbocycles. The van der Waals surface area contributed by atoms with Gasteiger partial charge in [-0.2, -0.15) is 0 Å². The van der Waals surface area contributed by atoms with Crippen LogP contribution < -0.4 is 4.90 Å². The normalized spacial score (nSPS) is 16.4. The molecule has 6 heteroatoms. The average Bonchev–Trinajstić information content (AvgIpc) is 2.38. The van der Waals surface area contributed by atoms with E-state index >= 15 is 0 Å². The van der Waals surface area contributed by atoms with Gasteiger partial charge in [0, 0.05) is 24.3 Å². The Kier molecular flexibility index (Phi) is 3.99. The van der Waals surface area contributed by atoms with Crippen LogP contribution >= 0.6 is 0 Å². The van der Waals surface area contributed by atoms with Gasteiger partial charge in [0.2, 0.25) is 0 Å². The molecule has 0 aliphatic carbocycles. The first-order chi connectivity index (χ1) is 9.00. The van der Waals surface area contributed by atoms with Crippen LogP contribution in [-0.4, -0.2) is 37.4 Å². The molecule has 2 rings (SSSR count). The number of para-hydroxylation sites is 1. The molecule has 104 valence electrons. The summed E-state index contributed by atoms with van der Waals surface area (Å²) in [5.41, 5.74) is 0.149. The van der Waals surface area contributed by atoms with E-state index in [9.17, 15) is 13.6 Å². The first-order valence-electron chi connectivity index (χ1n) is 6.02. The molecule has 0 aromatic heterocycles. The first kappa shape index (κ1) is 13.7. The zero-order valence-electron chi connectivity index (χ0n) is 10.3. The summed E-state index contributed by atoms with van der Waals surface area (Å²) in [6, 6.07) is 6.05. The van der Waals surface area contributed by atoms with Crippen LogP contribution in [0.3, 0.4) is 0 Å². The molecule has 0 unspecified atom stereocenters. The zero-order valence-corrected chi connectivity index (χ0v) is 10.3. The third-order valence-corrected chi connectivity index (χ3v) is 3.02. The quantitative estimate of drug-likeness (QED) is 0.911. The molecule has 1 saturated heterocycles. The summed E-state index contributed by atoms with van der Waals surface area (Å²) in [6.07, 6.45) is -1.20. The molecular formula is C13H15F2NO3. The fourth-order valence-corrected chi connectivity index (χ4v) is 2.15. The second-order valence-electron chi connectivity index (χ2n) is 4.39. The lowest BCUT2D eigenvalue weighted by molar-refractivity contribution is -0.145. The summed E-state index contributed by atoms with van der Waals surface area (Å²) >= 11 is 0. The van der Waals surface area contributed by atoms with E-state index in [1.165, 1.54) is 12.1 Å². The van der Waals surface area contributed by atoms with Gasteiger partial charge in [-0.25, -0.2) is 8.78 Å². The van der Waals surface area contributed by atoms with E-state index in [0.717, 1.165) is 0 Å². The van der Waals surface area contributed by atoms with Crippen molar-refractivity contribution < 1.29 is 23.4 Å². The highest BCUT2D eigenvalue weighted by Crippen LogP contribution is 2.38. The lowest BCUT2D eigenvalue weighted by Gasteiger charge is -2.32. The summed E-state index contributed by atoms with van der Waals surface area (Å²) in [6.45, 7) is 2.03. The Labute approximate surface area is 109 Å². The number of halogens is 2. The number of nitrogens with zero attached hydrogens (tertiary/aromatic N) is 1. The van der Waals surface area contributed by atoms with Gasteiger partial charge in [-0.1, -0.05) is 18.2 Å². The van der Waals surface area contributed by atoms with Crippen molar-refractivity contribution in [3.8, 4) is 0 Å². The number of rotatable bonds is 4. The maximum atomic E-state index is 14.0. The molecule has 1 N–H and O–H groups in total. The van der Waals surface area contributed by atoms with Gasteiger partial charge in [-0.15, -0.1) is 0 Å². The topological polar surface area (TPSA) is 49.8 Å². The van der Waals surface area contributed by atoms with Crippen molar-refractivity contribution in [3.05, 3.63) is 29.8 Å². The molecule has 0 bridgehead atoms. The lowest BCUT2D eigenvalue weighted by atomic mass is 10.0. The van der Waals surface area contributed by atoms with Crippen molar-refractivity contribution in [2.75, 3.05) is 31.2 Å². The van der Waals surface area contributed by atoms with Crippen LogP contribution in [0.2, 0.25) is 0 Å². The highest BCUT2D eigenvalue weighted by Gasteiger charge is 2.37. The van der Waals surface area contributed by atoms with E-state index in [0.29, 0.717) is 32.0 Å². The number of benzene rings is 1. The molecule has 1 aliphatic rings. The second kappa shape index (κ2) is 5.52. The number of carboxylic acid groups (broad SMARTS) is 1. The number of anilines is 1. The summed E-state index contributed by atoms with van der Waals surface area (Å²) < 4.78 is 33.2. The Balaban J connectivity index is 2.31. The van der Waals surface area contributed by atoms with Crippen LogP contribution in [0.4, 0.5) is 14.5 Å². The number of ether oxygens (including phenoxy) is 1. The van der Waals surface area contributed by atoms with E-state index in [2.05, 4.69) is 0 Å². The van der Waals surface area contributed by atoms with Crippen LogP contribution in [0, 0.1) is 0 Å². The van der Waals surface area contributed by atoms with Gasteiger partial charge < -0.3 is 14.7 Å². The molecule has 1 fully saturated rings. The zero-order chi connectivity index (χ0) is 13.9. The van der Waals surface area contributed by atoms with Crippen molar-refractivity contribution in [1.82, 2.24) is 0 Å². The number of morpholine rings is 1. The Bertz CT molecular complexity index is 459. The van der Waals surface area contributed by atoms with Crippen molar-refractivity contribution in [3.63, 3.8) is 0 Å². The second-order valence-corrected chi connectivity index (χ2v) is 4.39. The summed E-state index contributed by atoms with van der Waals surface area (Å²) in [5.74, 6) is -4.89. The molecular weight excluding hydrogens is 256 g/mol. The third-order valence-electron chi connectivity index (χ3n) is 3.02. The van der Waals surface area contributed by atoms with Gasteiger partial charge in [0.1, 0.15) is 6.42 Å². The first-order valence-corrected chi connectivity index (χ1v) is 6.02. The van der Waals surface area contributed by atoms with Gasteiger partial charge >= 0.3 is 5.97 Å². The fraction of sp³-hybridized carbons (Fsp3) is 0.462. The lowest BCUT2D eigenvalue weighted by Crippen LogP contribution is -2.37. The predicted molar refractivity (Wildman–Crippen MR) is 65.6 cm³/mol. The molecule has 1 aromatic carbocycles.